The van der Waals surface area contributed by atoms with E-state index in [4.69, 9.17) is 17.0 Å². The Balaban J connectivity index is 2.73. The summed E-state index contributed by atoms with van der Waals surface area (Å²) < 4.78 is 5.31. The molecule has 0 unspecified atom stereocenters. The lowest BCUT2D eigenvalue weighted by Gasteiger charge is -2.08. The van der Waals surface area contributed by atoms with Gasteiger partial charge in [-0.05, 0) is 6.07 Å². The number of rotatable bonds is 4. The molecule has 68 valence electrons. The predicted octanol–water partition coefficient (Wildman–Crippen LogP) is 0.662. The first-order valence-corrected chi connectivity index (χ1v) is 3.96. The van der Waals surface area contributed by atoms with E-state index in [0.29, 0.717) is 6.54 Å². The quantitative estimate of drug-likeness (QED) is 0.402. The summed E-state index contributed by atoms with van der Waals surface area (Å²) in [4.78, 5) is 0. The molecule has 3 N–H and O–H groups in total. The number of benzene rings is 1. The SMILES string of the molecule is C#CCOc1ccccc1CNN. The number of ether oxygens (including phenoxy) is 1. The third-order valence-electron chi connectivity index (χ3n) is 1.58. The molecule has 0 aliphatic heterocycles. The maximum Gasteiger partial charge on any atom is 0.148 e. The summed E-state index contributed by atoms with van der Waals surface area (Å²) in [7, 11) is 0. The summed E-state index contributed by atoms with van der Waals surface area (Å²) in [6.45, 7) is 0.850. The first-order valence-electron chi connectivity index (χ1n) is 3.96. The van der Waals surface area contributed by atoms with Crippen molar-refractivity contribution in [3.63, 3.8) is 0 Å². The fourth-order valence-electron chi connectivity index (χ4n) is 1.02. The Labute approximate surface area is 77.9 Å². The van der Waals surface area contributed by atoms with Crippen LogP contribution >= 0.6 is 0 Å². The van der Waals surface area contributed by atoms with Crippen LogP contribution < -0.4 is 16.0 Å². The molecule has 1 aromatic carbocycles. The average molecular weight is 176 g/mol. The Morgan fingerprint density at radius 3 is 2.92 bits per heavy atom. The molecule has 0 atom stereocenters. The number of nitrogens with one attached hydrogen (secondary N) is 1. The zero-order valence-corrected chi connectivity index (χ0v) is 7.29. The summed E-state index contributed by atoms with van der Waals surface area (Å²) in [5.74, 6) is 8.40. The van der Waals surface area contributed by atoms with Gasteiger partial charge in [0.05, 0.1) is 0 Å². The number of terminal acetylenes is 1. The molecule has 1 rings (SSSR count). The lowest BCUT2D eigenvalue weighted by atomic mass is 10.2. The highest BCUT2D eigenvalue weighted by atomic mass is 16.5. The Morgan fingerprint density at radius 2 is 2.23 bits per heavy atom. The third-order valence-corrected chi connectivity index (χ3v) is 1.58. The molecule has 3 heteroatoms. The monoisotopic (exact) mass is 176 g/mol. The van der Waals surface area contributed by atoms with E-state index >= 15 is 0 Å². The molecule has 1 aromatic rings. The molecule has 3 nitrogen and oxygen atoms in total. The van der Waals surface area contributed by atoms with Gasteiger partial charge in [-0.1, -0.05) is 24.1 Å². The Morgan fingerprint density at radius 1 is 1.46 bits per heavy atom. The van der Waals surface area contributed by atoms with E-state index in [1.54, 1.807) is 0 Å². The van der Waals surface area contributed by atoms with Gasteiger partial charge in [0.25, 0.3) is 0 Å². The van der Waals surface area contributed by atoms with E-state index < -0.39 is 0 Å². The van der Waals surface area contributed by atoms with Gasteiger partial charge >= 0.3 is 0 Å². The van der Waals surface area contributed by atoms with Gasteiger partial charge < -0.3 is 4.74 Å². The molecule has 0 radical (unpaired) electrons. The summed E-state index contributed by atoms with van der Waals surface area (Å²) in [6.07, 6.45) is 5.09. The van der Waals surface area contributed by atoms with Crippen LogP contribution in [0.5, 0.6) is 5.75 Å². The van der Waals surface area contributed by atoms with Crippen LogP contribution in [0, 0.1) is 12.3 Å². The molecular formula is C10H12N2O. The van der Waals surface area contributed by atoms with E-state index in [1.807, 2.05) is 24.3 Å². The molecule has 0 amide bonds. The number of hydrazine groups is 1. The predicted molar refractivity (Wildman–Crippen MR) is 51.8 cm³/mol. The molecule has 0 bridgehead atoms. The highest BCUT2D eigenvalue weighted by Crippen LogP contribution is 2.16. The van der Waals surface area contributed by atoms with Crippen molar-refractivity contribution in [2.75, 3.05) is 6.61 Å². The van der Waals surface area contributed by atoms with Crippen LogP contribution in [0.15, 0.2) is 24.3 Å². The van der Waals surface area contributed by atoms with E-state index in [0.717, 1.165) is 11.3 Å². The smallest absolute Gasteiger partial charge is 0.148 e. The standard InChI is InChI=1S/C10H12N2O/c1-2-7-13-10-6-4-3-5-9(10)8-12-11/h1,3-6,12H,7-8,11H2. The average Bonchev–Trinajstić information content (AvgIpc) is 2.17. The molecule has 13 heavy (non-hydrogen) atoms. The fourth-order valence-corrected chi connectivity index (χ4v) is 1.02. The van der Waals surface area contributed by atoms with Crippen molar-refractivity contribution in [3.05, 3.63) is 29.8 Å². The molecular weight excluding hydrogens is 164 g/mol. The van der Waals surface area contributed by atoms with Gasteiger partial charge in [0.2, 0.25) is 0 Å². The summed E-state index contributed by atoms with van der Waals surface area (Å²) in [5, 5.41) is 0. The van der Waals surface area contributed by atoms with E-state index in [9.17, 15) is 0 Å². The fraction of sp³-hybridized carbons (Fsp3) is 0.200. The molecule has 0 saturated carbocycles. The minimum atomic E-state index is 0.279. The van der Waals surface area contributed by atoms with Gasteiger partial charge in [-0.25, -0.2) is 0 Å². The zero-order valence-electron chi connectivity index (χ0n) is 7.29. The molecule has 0 saturated heterocycles. The van der Waals surface area contributed by atoms with Gasteiger partial charge in [0.1, 0.15) is 12.4 Å². The molecule has 0 aliphatic rings. The van der Waals surface area contributed by atoms with Gasteiger partial charge in [0.15, 0.2) is 0 Å². The number of hydrogen-bond donors (Lipinski definition) is 2. The number of hydrogen-bond acceptors (Lipinski definition) is 3. The zero-order chi connectivity index (χ0) is 9.52. The van der Waals surface area contributed by atoms with Crippen LogP contribution in [0.2, 0.25) is 0 Å². The highest BCUT2D eigenvalue weighted by molar-refractivity contribution is 5.33. The normalized spacial score (nSPS) is 9.23. The van der Waals surface area contributed by atoms with Gasteiger partial charge in [-0.2, -0.15) is 0 Å². The van der Waals surface area contributed by atoms with E-state index in [-0.39, 0.29) is 6.61 Å². The van der Waals surface area contributed by atoms with Crippen molar-refractivity contribution in [2.24, 2.45) is 5.84 Å². The van der Waals surface area contributed by atoms with Crippen LogP contribution in [0.4, 0.5) is 0 Å². The first-order chi connectivity index (χ1) is 6.38. The minimum Gasteiger partial charge on any atom is -0.481 e. The van der Waals surface area contributed by atoms with E-state index in [2.05, 4.69) is 11.3 Å². The maximum atomic E-state index is 5.31. The van der Waals surface area contributed by atoms with Crippen molar-refractivity contribution < 1.29 is 4.74 Å². The molecule has 0 aliphatic carbocycles. The van der Waals surface area contributed by atoms with Crippen LogP contribution in [0.3, 0.4) is 0 Å². The van der Waals surface area contributed by atoms with Crippen molar-refractivity contribution in [3.8, 4) is 18.1 Å². The van der Waals surface area contributed by atoms with Crippen LogP contribution in [0.1, 0.15) is 5.56 Å². The first kappa shape index (κ1) is 9.59. The highest BCUT2D eigenvalue weighted by Gasteiger charge is 1.99. The largest absolute Gasteiger partial charge is 0.481 e. The molecule has 0 aromatic heterocycles. The summed E-state index contributed by atoms with van der Waals surface area (Å²) in [5.41, 5.74) is 3.57. The van der Waals surface area contributed by atoms with Gasteiger partial charge in [-0.3, -0.25) is 11.3 Å². The minimum absolute atomic E-state index is 0.279. The Kier molecular flexibility index (Phi) is 3.83. The second-order valence-corrected chi connectivity index (χ2v) is 2.48. The van der Waals surface area contributed by atoms with Crippen LogP contribution in [-0.2, 0) is 6.54 Å². The second-order valence-electron chi connectivity index (χ2n) is 2.48. The van der Waals surface area contributed by atoms with Crippen molar-refractivity contribution in [1.29, 1.82) is 0 Å². The molecule has 0 spiro atoms. The number of para-hydroxylation sites is 1. The van der Waals surface area contributed by atoms with Crippen LogP contribution in [0.25, 0.3) is 0 Å². The third kappa shape index (κ3) is 2.79. The Bertz CT molecular complexity index is 304. The van der Waals surface area contributed by atoms with Crippen molar-refractivity contribution in [1.82, 2.24) is 5.43 Å². The molecule has 0 fully saturated rings. The lowest BCUT2D eigenvalue weighted by Crippen LogP contribution is -2.21. The summed E-state index contributed by atoms with van der Waals surface area (Å²) in [6, 6.07) is 7.62. The second kappa shape index (κ2) is 5.20. The van der Waals surface area contributed by atoms with E-state index in [1.165, 1.54) is 0 Å². The van der Waals surface area contributed by atoms with Crippen molar-refractivity contribution in [2.45, 2.75) is 6.54 Å². The van der Waals surface area contributed by atoms with Crippen LogP contribution in [-0.4, -0.2) is 6.61 Å². The molecule has 0 heterocycles. The lowest BCUT2D eigenvalue weighted by molar-refractivity contribution is 0.365. The van der Waals surface area contributed by atoms with Gasteiger partial charge in [-0.15, -0.1) is 6.42 Å². The van der Waals surface area contributed by atoms with Gasteiger partial charge in [0, 0.05) is 12.1 Å². The number of nitrogens with two attached hydrogens (primary N) is 1. The maximum absolute atomic E-state index is 5.31. The summed E-state index contributed by atoms with van der Waals surface area (Å²) >= 11 is 0. The Hall–Kier alpha value is -1.50. The van der Waals surface area contributed by atoms with Crippen molar-refractivity contribution >= 4 is 0 Å². The topological polar surface area (TPSA) is 47.3 Å².